The Labute approximate surface area is 189 Å². The van der Waals surface area contributed by atoms with E-state index in [4.69, 9.17) is 0 Å². The Bertz CT molecular complexity index is 993. The number of Topliss-reactive ketones (excluding diaryl/α,β-unsaturated/α-hetero) is 1. The molecule has 1 amide bonds. The molecule has 1 N–H and O–H groups in total. The molecule has 1 saturated heterocycles. The van der Waals surface area contributed by atoms with Crippen molar-refractivity contribution >= 4 is 17.4 Å². The van der Waals surface area contributed by atoms with Gasteiger partial charge in [-0.1, -0.05) is 52.0 Å². The molecule has 2 aromatic rings. The van der Waals surface area contributed by atoms with Crippen LogP contribution in [0.2, 0.25) is 0 Å². The lowest BCUT2D eigenvalue weighted by Gasteiger charge is -2.28. The number of carbonyl (C=O) groups is 2. The highest BCUT2D eigenvalue weighted by Crippen LogP contribution is 2.39. The number of carbonyl (C=O) groups excluding carboxylic acids is 2. The molecule has 1 fully saturated rings. The first-order valence-electron chi connectivity index (χ1n) is 11.1. The van der Waals surface area contributed by atoms with Crippen molar-refractivity contribution in [2.24, 2.45) is 0 Å². The van der Waals surface area contributed by atoms with Crippen LogP contribution in [0.1, 0.15) is 56.3 Å². The minimum absolute atomic E-state index is 0.0402. The third kappa shape index (κ3) is 4.75. The zero-order valence-electron chi connectivity index (χ0n) is 19.1. The number of amides is 1. The highest BCUT2D eigenvalue weighted by atomic mass is 19.1. The molecule has 0 unspecified atom stereocenters. The van der Waals surface area contributed by atoms with E-state index >= 15 is 0 Å². The third-order valence-electron chi connectivity index (χ3n) is 6.13. The molecule has 5 nitrogen and oxygen atoms in total. The highest BCUT2D eigenvalue weighted by molar-refractivity contribution is 6.46. The van der Waals surface area contributed by atoms with Crippen LogP contribution in [-0.4, -0.2) is 52.8 Å². The van der Waals surface area contributed by atoms with E-state index in [9.17, 15) is 19.1 Å². The van der Waals surface area contributed by atoms with Crippen molar-refractivity contribution in [3.63, 3.8) is 0 Å². The molecule has 1 aliphatic rings. The van der Waals surface area contributed by atoms with Crippen molar-refractivity contribution in [1.29, 1.82) is 0 Å². The second-order valence-corrected chi connectivity index (χ2v) is 8.35. The summed E-state index contributed by atoms with van der Waals surface area (Å²) in [6, 6.07) is 12.4. The molecule has 3 rings (SSSR count). The van der Waals surface area contributed by atoms with Crippen molar-refractivity contribution in [3.05, 3.63) is 76.6 Å². The molecule has 1 aliphatic heterocycles. The van der Waals surface area contributed by atoms with E-state index in [1.54, 1.807) is 4.90 Å². The van der Waals surface area contributed by atoms with Crippen LogP contribution in [0.25, 0.3) is 5.76 Å². The van der Waals surface area contributed by atoms with Gasteiger partial charge in [-0.2, -0.15) is 0 Å². The van der Waals surface area contributed by atoms with Gasteiger partial charge in [-0.05, 0) is 54.4 Å². The van der Waals surface area contributed by atoms with E-state index in [-0.39, 0.29) is 11.3 Å². The van der Waals surface area contributed by atoms with Gasteiger partial charge in [-0.25, -0.2) is 4.39 Å². The molecule has 6 heteroatoms. The third-order valence-corrected chi connectivity index (χ3v) is 6.13. The molecule has 1 heterocycles. The molecule has 0 aliphatic carbocycles. The van der Waals surface area contributed by atoms with Gasteiger partial charge in [0.05, 0.1) is 11.6 Å². The van der Waals surface area contributed by atoms with E-state index in [1.165, 1.54) is 24.3 Å². The zero-order chi connectivity index (χ0) is 23.4. The fourth-order valence-corrected chi connectivity index (χ4v) is 4.07. The number of aliphatic hydroxyl groups excluding tert-OH is 1. The van der Waals surface area contributed by atoms with E-state index < -0.39 is 23.5 Å². The average molecular weight is 439 g/mol. The number of benzene rings is 2. The number of aliphatic hydroxyl groups is 1. The first kappa shape index (κ1) is 23.7. The van der Waals surface area contributed by atoms with Crippen LogP contribution in [0.4, 0.5) is 4.39 Å². The highest BCUT2D eigenvalue weighted by Gasteiger charge is 2.45. The number of halogens is 1. The van der Waals surface area contributed by atoms with Crippen molar-refractivity contribution in [3.8, 4) is 0 Å². The normalized spacial score (nSPS) is 18.2. The molecule has 0 spiro atoms. The number of ketones is 1. The Balaban J connectivity index is 2.09. The smallest absolute Gasteiger partial charge is 0.295 e. The minimum Gasteiger partial charge on any atom is -0.507 e. The lowest BCUT2D eigenvalue weighted by molar-refractivity contribution is -0.140. The van der Waals surface area contributed by atoms with Crippen LogP contribution < -0.4 is 0 Å². The SMILES string of the molecule is CCN(CC)CCN1C(=O)C(=O)/C(=C(/O)c2ccc(F)cc2)[C@@H]1c1ccc(C(C)C)cc1. The summed E-state index contributed by atoms with van der Waals surface area (Å²) in [4.78, 5) is 29.8. The molecule has 0 aromatic heterocycles. The first-order valence-corrected chi connectivity index (χ1v) is 11.1. The molecule has 32 heavy (non-hydrogen) atoms. The number of hydrogen-bond acceptors (Lipinski definition) is 4. The molecule has 170 valence electrons. The average Bonchev–Trinajstić information content (AvgIpc) is 3.04. The Hall–Kier alpha value is -2.99. The number of nitrogens with zero attached hydrogens (tertiary/aromatic N) is 2. The van der Waals surface area contributed by atoms with Gasteiger partial charge in [0, 0.05) is 18.7 Å². The maximum Gasteiger partial charge on any atom is 0.295 e. The summed E-state index contributed by atoms with van der Waals surface area (Å²) in [5.74, 6) is -1.73. The van der Waals surface area contributed by atoms with Crippen LogP contribution in [0.15, 0.2) is 54.1 Å². The summed E-state index contributed by atoms with van der Waals surface area (Å²) in [6.45, 7) is 11.0. The van der Waals surface area contributed by atoms with Crippen molar-refractivity contribution in [2.75, 3.05) is 26.2 Å². The van der Waals surface area contributed by atoms with Crippen molar-refractivity contribution in [1.82, 2.24) is 9.80 Å². The maximum absolute atomic E-state index is 13.4. The summed E-state index contributed by atoms with van der Waals surface area (Å²) in [5, 5.41) is 11.0. The standard InChI is InChI=1S/C26H31FN2O3/c1-5-28(6-2)15-16-29-23(19-9-7-18(8-10-19)17(3)4)22(25(31)26(29)32)24(30)20-11-13-21(27)14-12-20/h7-14,17,23,30H,5-6,15-16H2,1-4H3/b24-22+/t23-/m0/s1. The van der Waals surface area contributed by atoms with Crippen LogP contribution in [0.3, 0.4) is 0 Å². The summed E-state index contributed by atoms with van der Waals surface area (Å²) in [7, 11) is 0. The Morgan fingerprint density at radius 1 is 1.03 bits per heavy atom. The van der Waals surface area contributed by atoms with Crippen molar-refractivity contribution < 1.29 is 19.1 Å². The largest absolute Gasteiger partial charge is 0.507 e. The summed E-state index contributed by atoms with van der Waals surface area (Å²) >= 11 is 0. The molecule has 0 saturated carbocycles. The second kappa shape index (κ2) is 10.1. The number of likely N-dealkylation sites (tertiary alicyclic amines) is 1. The lowest BCUT2D eigenvalue weighted by atomic mass is 9.93. The van der Waals surface area contributed by atoms with Gasteiger partial charge < -0.3 is 14.9 Å². The molecule has 2 aromatic carbocycles. The van der Waals surface area contributed by atoms with E-state index in [2.05, 4.69) is 18.7 Å². The molecule has 0 bridgehead atoms. The van der Waals surface area contributed by atoms with Crippen molar-refractivity contribution in [2.45, 2.75) is 39.7 Å². The van der Waals surface area contributed by atoms with E-state index in [1.807, 2.05) is 38.1 Å². The minimum atomic E-state index is -0.718. The number of likely N-dealkylation sites (N-methyl/N-ethyl adjacent to an activating group) is 1. The fourth-order valence-electron chi connectivity index (χ4n) is 4.07. The fraction of sp³-hybridized carbons (Fsp3) is 0.385. The van der Waals surface area contributed by atoms with Crippen LogP contribution in [0.5, 0.6) is 0 Å². The summed E-state index contributed by atoms with van der Waals surface area (Å²) < 4.78 is 13.4. The topological polar surface area (TPSA) is 60.9 Å². The van der Waals surface area contributed by atoms with Gasteiger partial charge in [0.25, 0.3) is 11.7 Å². The predicted molar refractivity (Wildman–Crippen MR) is 124 cm³/mol. The zero-order valence-corrected chi connectivity index (χ0v) is 19.1. The molecular formula is C26H31FN2O3. The number of hydrogen-bond donors (Lipinski definition) is 1. The summed E-state index contributed by atoms with van der Waals surface area (Å²) in [5.41, 5.74) is 2.25. The van der Waals surface area contributed by atoms with Gasteiger partial charge in [0.15, 0.2) is 0 Å². The Kier molecular flexibility index (Phi) is 7.46. The van der Waals surface area contributed by atoms with Gasteiger partial charge in [0.2, 0.25) is 0 Å². The first-order chi connectivity index (χ1) is 15.3. The van der Waals surface area contributed by atoms with E-state index in [0.29, 0.717) is 24.6 Å². The predicted octanol–water partition coefficient (Wildman–Crippen LogP) is 4.71. The monoisotopic (exact) mass is 438 g/mol. The quantitative estimate of drug-likeness (QED) is 0.368. The molecule has 0 radical (unpaired) electrons. The van der Waals surface area contributed by atoms with Crippen LogP contribution in [0, 0.1) is 5.82 Å². The number of rotatable bonds is 8. The Morgan fingerprint density at radius 3 is 2.16 bits per heavy atom. The molecule has 1 atom stereocenters. The van der Waals surface area contributed by atoms with Gasteiger partial charge in [-0.3, -0.25) is 9.59 Å². The van der Waals surface area contributed by atoms with Crippen LogP contribution in [-0.2, 0) is 9.59 Å². The second-order valence-electron chi connectivity index (χ2n) is 8.35. The van der Waals surface area contributed by atoms with Crippen LogP contribution >= 0.6 is 0 Å². The van der Waals surface area contributed by atoms with E-state index in [0.717, 1.165) is 24.2 Å². The van der Waals surface area contributed by atoms with Gasteiger partial charge in [0.1, 0.15) is 11.6 Å². The van der Waals surface area contributed by atoms with Gasteiger partial charge in [-0.15, -0.1) is 0 Å². The molecular weight excluding hydrogens is 407 g/mol. The summed E-state index contributed by atoms with van der Waals surface area (Å²) in [6.07, 6.45) is 0. The Morgan fingerprint density at radius 2 is 1.62 bits per heavy atom. The maximum atomic E-state index is 13.4. The lowest BCUT2D eigenvalue weighted by Crippen LogP contribution is -2.38. The van der Waals surface area contributed by atoms with Gasteiger partial charge >= 0.3 is 0 Å².